The van der Waals surface area contributed by atoms with E-state index in [4.69, 9.17) is 5.26 Å². The van der Waals surface area contributed by atoms with E-state index < -0.39 is 0 Å². The summed E-state index contributed by atoms with van der Waals surface area (Å²) in [6.07, 6.45) is 4.88. The molecule has 3 heterocycles. The first-order valence-corrected chi connectivity index (χ1v) is 7.81. The Morgan fingerprint density at radius 3 is 2.85 bits per heavy atom. The van der Waals surface area contributed by atoms with Crippen molar-refractivity contribution in [3.05, 3.63) is 78.2 Å². The van der Waals surface area contributed by atoms with E-state index in [0.29, 0.717) is 16.8 Å². The number of aromatic nitrogens is 4. The van der Waals surface area contributed by atoms with Crippen LogP contribution in [-0.4, -0.2) is 25.5 Å². The van der Waals surface area contributed by atoms with Crippen LogP contribution < -0.4 is 5.32 Å². The molecule has 3 aromatic heterocycles. The highest BCUT2D eigenvalue weighted by Crippen LogP contribution is 2.21. The first-order valence-electron chi connectivity index (χ1n) is 7.81. The number of rotatable bonds is 3. The number of anilines is 1. The average molecular weight is 340 g/mol. The van der Waals surface area contributed by atoms with E-state index in [1.165, 1.54) is 6.20 Å². The van der Waals surface area contributed by atoms with E-state index in [2.05, 4.69) is 26.5 Å². The minimum atomic E-state index is -0.323. The van der Waals surface area contributed by atoms with Crippen LogP contribution in [0.2, 0.25) is 0 Å². The number of amides is 1. The van der Waals surface area contributed by atoms with Gasteiger partial charge in [-0.25, -0.2) is 4.52 Å². The largest absolute Gasteiger partial charge is 0.289 e. The number of benzene rings is 1. The summed E-state index contributed by atoms with van der Waals surface area (Å²) >= 11 is 0. The molecular weight excluding hydrogens is 328 g/mol. The van der Waals surface area contributed by atoms with Gasteiger partial charge in [0, 0.05) is 24.2 Å². The quantitative estimate of drug-likeness (QED) is 0.618. The highest BCUT2D eigenvalue weighted by molar-refractivity contribution is 6.03. The van der Waals surface area contributed by atoms with Crippen LogP contribution in [0.5, 0.6) is 0 Å². The SMILES string of the molecule is N#Cc1cccc(-c2ccc3nc(NC(=O)c4cccnc4)nn3c2)c1. The Kier molecular flexibility index (Phi) is 3.84. The van der Waals surface area contributed by atoms with Gasteiger partial charge in [-0.05, 0) is 42.0 Å². The Labute approximate surface area is 148 Å². The summed E-state index contributed by atoms with van der Waals surface area (Å²) < 4.78 is 1.59. The van der Waals surface area contributed by atoms with Crippen molar-refractivity contribution in [1.82, 2.24) is 19.6 Å². The van der Waals surface area contributed by atoms with Gasteiger partial charge < -0.3 is 0 Å². The van der Waals surface area contributed by atoms with Crippen molar-refractivity contribution in [3.63, 3.8) is 0 Å². The minimum Gasteiger partial charge on any atom is -0.289 e. The molecule has 0 radical (unpaired) electrons. The van der Waals surface area contributed by atoms with Crippen LogP contribution in [0.15, 0.2) is 67.1 Å². The molecule has 4 rings (SSSR count). The molecule has 0 spiro atoms. The molecule has 0 fully saturated rings. The molecule has 26 heavy (non-hydrogen) atoms. The number of carbonyl (C=O) groups is 1. The van der Waals surface area contributed by atoms with Gasteiger partial charge in [-0.3, -0.25) is 15.1 Å². The van der Waals surface area contributed by atoms with Crippen molar-refractivity contribution >= 4 is 17.5 Å². The van der Waals surface area contributed by atoms with Crippen molar-refractivity contribution in [1.29, 1.82) is 5.26 Å². The van der Waals surface area contributed by atoms with Crippen LogP contribution in [0.3, 0.4) is 0 Å². The van der Waals surface area contributed by atoms with Gasteiger partial charge in [-0.1, -0.05) is 12.1 Å². The van der Waals surface area contributed by atoms with E-state index in [0.717, 1.165) is 11.1 Å². The van der Waals surface area contributed by atoms with Crippen molar-refractivity contribution in [2.75, 3.05) is 5.32 Å². The first kappa shape index (κ1) is 15.5. The lowest BCUT2D eigenvalue weighted by atomic mass is 10.1. The molecular formula is C19H12N6O. The van der Waals surface area contributed by atoms with E-state index in [1.807, 2.05) is 24.3 Å². The Hall–Kier alpha value is -4.05. The zero-order chi connectivity index (χ0) is 17.9. The zero-order valence-electron chi connectivity index (χ0n) is 13.5. The van der Waals surface area contributed by atoms with Crippen LogP contribution in [0.1, 0.15) is 15.9 Å². The van der Waals surface area contributed by atoms with Gasteiger partial charge in [-0.2, -0.15) is 10.2 Å². The van der Waals surface area contributed by atoms with Crippen molar-refractivity contribution in [2.45, 2.75) is 0 Å². The number of pyridine rings is 2. The highest BCUT2D eigenvalue weighted by Gasteiger charge is 2.11. The molecule has 0 atom stereocenters. The minimum absolute atomic E-state index is 0.210. The maximum absolute atomic E-state index is 12.2. The van der Waals surface area contributed by atoms with E-state index in [-0.39, 0.29) is 11.9 Å². The number of fused-ring (bicyclic) bond motifs is 1. The molecule has 4 aromatic rings. The summed E-state index contributed by atoms with van der Waals surface area (Å²) in [4.78, 5) is 20.4. The van der Waals surface area contributed by atoms with E-state index >= 15 is 0 Å². The van der Waals surface area contributed by atoms with Crippen molar-refractivity contribution in [2.24, 2.45) is 0 Å². The number of nitrogens with one attached hydrogen (secondary N) is 1. The Bertz CT molecular complexity index is 1140. The molecule has 1 aromatic carbocycles. The fourth-order valence-electron chi connectivity index (χ4n) is 2.55. The third-order valence-corrected chi connectivity index (χ3v) is 3.81. The lowest BCUT2D eigenvalue weighted by molar-refractivity contribution is 0.102. The lowest BCUT2D eigenvalue weighted by Gasteiger charge is -2.02. The van der Waals surface area contributed by atoms with Crippen LogP contribution in [0.4, 0.5) is 5.95 Å². The fourth-order valence-corrected chi connectivity index (χ4v) is 2.55. The predicted molar refractivity (Wildman–Crippen MR) is 95.3 cm³/mol. The van der Waals surface area contributed by atoms with Gasteiger partial charge in [0.15, 0.2) is 5.65 Å². The number of nitriles is 1. The Morgan fingerprint density at radius 1 is 1.12 bits per heavy atom. The third-order valence-electron chi connectivity index (χ3n) is 3.81. The summed E-state index contributed by atoms with van der Waals surface area (Å²) in [5, 5.41) is 16.0. The number of nitrogens with zero attached hydrogens (tertiary/aromatic N) is 5. The van der Waals surface area contributed by atoms with Crippen molar-refractivity contribution < 1.29 is 4.79 Å². The maximum Gasteiger partial charge on any atom is 0.259 e. The molecule has 0 aliphatic heterocycles. The summed E-state index contributed by atoms with van der Waals surface area (Å²) in [7, 11) is 0. The molecule has 0 saturated carbocycles. The maximum atomic E-state index is 12.2. The molecule has 1 N–H and O–H groups in total. The second-order valence-corrected chi connectivity index (χ2v) is 5.54. The molecule has 0 saturated heterocycles. The van der Waals surface area contributed by atoms with Crippen LogP contribution in [-0.2, 0) is 0 Å². The predicted octanol–water partition coefficient (Wildman–Crippen LogP) is 2.92. The van der Waals surface area contributed by atoms with Gasteiger partial charge in [0.1, 0.15) is 0 Å². The monoisotopic (exact) mass is 340 g/mol. The number of hydrogen-bond donors (Lipinski definition) is 1. The van der Waals surface area contributed by atoms with Gasteiger partial charge in [-0.15, -0.1) is 5.10 Å². The lowest BCUT2D eigenvalue weighted by Crippen LogP contribution is -2.13. The van der Waals surface area contributed by atoms with Crippen LogP contribution in [0, 0.1) is 11.3 Å². The summed E-state index contributed by atoms with van der Waals surface area (Å²) in [6.45, 7) is 0. The van der Waals surface area contributed by atoms with Crippen molar-refractivity contribution in [3.8, 4) is 17.2 Å². The smallest absolute Gasteiger partial charge is 0.259 e. The van der Waals surface area contributed by atoms with Crippen LogP contribution >= 0.6 is 0 Å². The summed E-state index contributed by atoms with van der Waals surface area (Å²) in [5.74, 6) is -0.113. The summed E-state index contributed by atoms with van der Waals surface area (Å²) in [6, 6.07) is 16.5. The molecule has 0 aliphatic carbocycles. The second-order valence-electron chi connectivity index (χ2n) is 5.54. The Morgan fingerprint density at radius 2 is 2.04 bits per heavy atom. The van der Waals surface area contributed by atoms with Gasteiger partial charge in [0.25, 0.3) is 5.91 Å². The topological polar surface area (TPSA) is 96.0 Å². The third kappa shape index (κ3) is 2.99. The molecule has 7 heteroatoms. The molecule has 1 amide bonds. The van der Waals surface area contributed by atoms with Gasteiger partial charge in [0.2, 0.25) is 5.95 Å². The molecule has 124 valence electrons. The Balaban J connectivity index is 1.64. The van der Waals surface area contributed by atoms with E-state index in [9.17, 15) is 4.79 Å². The molecule has 0 aliphatic rings. The van der Waals surface area contributed by atoms with E-state index in [1.54, 1.807) is 41.2 Å². The van der Waals surface area contributed by atoms with Crippen LogP contribution in [0.25, 0.3) is 16.8 Å². The zero-order valence-corrected chi connectivity index (χ0v) is 13.5. The first-order chi connectivity index (χ1) is 12.7. The molecule has 7 nitrogen and oxygen atoms in total. The van der Waals surface area contributed by atoms with Gasteiger partial charge in [0.05, 0.1) is 17.2 Å². The number of carbonyl (C=O) groups excluding carboxylic acids is 1. The molecule has 0 unspecified atom stereocenters. The highest BCUT2D eigenvalue weighted by atomic mass is 16.1. The average Bonchev–Trinajstić information content (AvgIpc) is 3.10. The normalized spacial score (nSPS) is 10.4. The molecule has 0 bridgehead atoms. The number of hydrogen-bond acceptors (Lipinski definition) is 5. The summed E-state index contributed by atoms with van der Waals surface area (Å²) in [5.41, 5.74) is 3.42. The fraction of sp³-hybridized carbons (Fsp3) is 0. The van der Waals surface area contributed by atoms with Gasteiger partial charge >= 0.3 is 0 Å². The standard InChI is InChI=1S/C19H12N6O/c20-10-13-3-1-4-14(9-13)16-6-7-17-22-19(24-25(17)12-16)23-18(26)15-5-2-8-21-11-15/h1-9,11-12H,(H,23,24,26). The second kappa shape index (κ2) is 6.45.